The number of rotatable bonds is 3. The number of ether oxygens (including phenoxy) is 1. The molecule has 3 rings (SSSR count). The van der Waals surface area contributed by atoms with Crippen molar-refractivity contribution < 1.29 is 9.84 Å². The predicted molar refractivity (Wildman–Crippen MR) is 82.5 cm³/mol. The summed E-state index contributed by atoms with van der Waals surface area (Å²) in [7, 11) is 1.67. The molecule has 0 aromatic heterocycles. The van der Waals surface area contributed by atoms with Gasteiger partial charge in [-0.1, -0.05) is 29.8 Å². The Balaban J connectivity index is 1.84. The van der Waals surface area contributed by atoms with Crippen LogP contribution in [-0.4, -0.2) is 12.2 Å². The summed E-state index contributed by atoms with van der Waals surface area (Å²) < 4.78 is 5.40. The van der Waals surface area contributed by atoms with Crippen LogP contribution in [0.3, 0.4) is 0 Å². The van der Waals surface area contributed by atoms with E-state index in [0.29, 0.717) is 5.02 Å². The van der Waals surface area contributed by atoms with Crippen molar-refractivity contribution >= 4 is 11.6 Å². The van der Waals surface area contributed by atoms with Crippen LogP contribution >= 0.6 is 11.6 Å². The van der Waals surface area contributed by atoms with Gasteiger partial charge in [-0.25, -0.2) is 10.9 Å². The van der Waals surface area contributed by atoms with Crippen LogP contribution in [0.4, 0.5) is 0 Å². The topological polar surface area (TPSA) is 53.5 Å². The Morgan fingerprint density at radius 2 is 1.81 bits per heavy atom. The Hall–Kier alpha value is -1.75. The second kappa shape index (κ2) is 5.93. The monoisotopic (exact) mass is 304 g/mol. The number of methoxy groups -OCH3 is 1. The van der Waals surface area contributed by atoms with Gasteiger partial charge in [0.15, 0.2) is 0 Å². The molecule has 0 bridgehead atoms. The predicted octanol–water partition coefficient (Wildman–Crippen LogP) is 3.33. The maximum Gasteiger partial charge on any atom is 0.123 e. The summed E-state index contributed by atoms with van der Waals surface area (Å²) in [5, 5.41) is 10.6. The van der Waals surface area contributed by atoms with Crippen LogP contribution in [-0.2, 0) is 0 Å². The van der Waals surface area contributed by atoms with Crippen LogP contribution < -0.4 is 15.6 Å². The van der Waals surface area contributed by atoms with E-state index < -0.39 is 0 Å². The second-order valence-corrected chi connectivity index (χ2v) is 5.51. The summed E-state index contributed by atoms with van der Waals surface area (Å²) in [5.41, 5.74) is 8.37. The van der Waals surface area contributed by atoms with Crippen LogP contribution in [0.15, 0.2) is 42.5 Å². The van der Waals surface area contributed by atoms with Gasteiger partial charge >= 0.3 is 0 Å². The van der Waals surface area contributed by atoms with E-state index in [2.05, 4.69) is 10.9 Å². The highest BCUT2D eigenvalue weighted by Gasteiger charge is 2.29. The molecule has 0 saturated carbocycles. The first-order valence-electron chi connectivity index (χ1n) is 6.81. The molecule has 2 aromatic rings. The van der Waals surface area contributed by atoms with E-state index in [0.717, 1.165) is 23.3 Å². The molecule has 0 radical (unpaired) electrons. The molecule has 1 fully saturated rings. The van der Waals surface area contributed by atoms with E-state index in [9.17, 15) is 5.11 Å². The largest absolute Gasteiger partial charge is 0.508 e. The van der Waals surface area contributed by atoms with Gasteiger partial charge in [0.25, 0.3) is 0 Å². The lowest BCUT2D eigenvalue weighted by molar-refractivity contribution is 0.402. The van der Waals surface area contributed by atoms with Crippen LogP contribution in [0.25, 0.3) is 0 Å². The third-order valence-electron chi connectivity index (χ3n) is 3.78. The molecule has 3 N–H and O–H groups in total. The van der Waals surface area contributed by atoms with Gasteiger partial charge in [-0.2, -0.15) is 0 Å². The van der Waals surface area contributed by atoms with E-state index in [-0.39, 0.29) is 17.8 Å². The van der Waals surface area contributed by atoms with Gasteiger partial charge in [0.1, 0.15) is 11.5 Å². The molecule has 2 unspecified atom stereocenters. The number of phenolic OH excluding ortho intramolecular Hbond substituents is 1. The van der Waals surface area contributed by atoms with Crippen molar-refractivity contribution in [2.45, 2.75) is 18.5 Å². The highest BCUT2D eigenvalue weighted by Crippen LogP contribution is 2.38. The van der Waals surface area contributed by atoms with E-state index in [1.165, 1.54) is 0 Å². The summed E-state index contributed by atoms with van der Waals surface area (Å²) in [5.74, 6) is 1.10. The Bertz CT molecular complexity index is 648. The van der Waals surface area contributed by atoms with E-state index in [4.69, 9.17) is 16.3 Å². The number of hydrogen-bond acceptors (Lipinski definition) is 4. The fraction of sp³-hybridized carbons (Fsp3) is 0.250. The normalized spacial score (nSPS) is 21.4. The molecular weight excluding hydrogens is 288 g/mol. The average Bonchev–Trinajstić information content (AvgIpc) is 2.99. The molecule has 4 nitrogen and oxygen atoms in total. The minimum absolute atomic E-state index is 0.00128. The number of hydrogen-bond donors (Lipinski definition) is 3. The summed E-state index contributed by atoms with van der Waals surface area (Å²) in [4.78, 5) is 0. The summed E-state index contributed by atoms with van der Waals surface area (Å²) in [6.45, 7) is 0. The first-order valence-corrected chi connectivity index (χ1v) is 7.19. The lowest BCUT2D eigenvalue weighted by Gasteiger charge is -2.14. The smallest absolute Gasteiger partial charge is 0.123 e. The van der Waals surface area contributed by atoms with Gasteiger partial charge in [-0.15, -0.1) is 0 Å². The number of nitrogens with one attached hydrogen (secondary N) is 2. The molecule has 0 amide bonds. The standard InChI is InChI=1S/C16H17ClN2O2/c1-21-16-5-3-2-4-11(16)13-9-14(19-18-13)12-8-10(17)6-7-15(12)20/h2-8,13-14,18-20H,9H2,1H3. The minimum Gasteiger partial charge on any atom is -0.508 e. The number of aromatic hydroxyl groups is 1. The summed E-state index contributed by atoms with van der Waals surface area (Å²) in [6, 6.07) is 13.1. The molecule has 21 heavy (non-hydrogen) atoms. The maximum absolute atomic E-state index is 10.0. The van der Waals surface area contributed by atoms with E-state index in [1.54, 1.807) is 25.3 Å². The van der Waals surface area contributed by atoms with Crippen molar-refractivity contribution in [1.29, 1.82) is 0 Å². The van der Waals surface area contributed by atoms with Crippen molar-refractivity contribution in [2.24, 2.45) is 0 Å². The Morgan fingerprint density at radius 3 is 2.57 bits per heavy atom. The summed E-state index contributed by atoms with van der Waals surface area (Å²) >= 11 is 6.02. The van der Waals surface area contributed by atoms with Gasteiger partial charge < -0.3 is 9.84 Å². The number of hydrazine groups is 1. The third-order valence-corrected chi connectivity index (χ3v) is 4.02. The number of phenols is 1. The fourth-order valence-electron chi connectivity index (χ4n) is 2.72. The molecule has 2 atom stereocenters. The van der Waals surface area contributed by atoms with Crippen LogP contribution in [0, 0.1) is 0 Å². The lowest BCUT2D eigenvalue weighted by atomic mass is 9.96. The second-order valence-electron chi connectivity index (χ2n) is 5.07. The molecule has 1 saturated heterocycles. The van der Waals surface area contributed by atoms with Crippen LogP contribution in [0.5, 0.6) is 11.5 Å². The first kappa shape index (κ1) is 14.2. The zero-order valence-electron chi connectivity index (χ0n) is 11.6. The quantitative estimate of drug-likeness (QED) is 0.814. The van der Waals surface area contributed by atoms with Crippen molar-refractivity contribution in [1.82, 2.24) is 10.9 Å². The third kappa shape index (κ3) is 2.83. The Kier molecular flexibility index (Phi) is 4.01. The first-order chi connectivity index (χ1) is 10.2. The fourth-order valence-corrected chi connectivity index (χ4v) is 2.90. The van der Waals surface area contributed by atoms with Crippen LogP contribution in [0.2, 0.25) is 5.02 Å². The highest BCUT2D eigenvalue weighted by atomic mass is 35.5. The molecule has 0 aliphatic carbocycles. The maximum atomic E-state index is 10.0. The van der Waals surface area contributed by atoms with E-state index >= 15 is 0 Å². The molecule has 0 spiro atoms. The molecule has 1 aliphatic heterocycles. The molecule has 5 heteroatoms. The van der Waals surface area contributed by atoms with Crippen molar-refractivity contribution in [3.05, 3.63) is 58.6 Å². The molecule has 110 valence electrons. The van der Waals surface area contributed by atoms with Gasteiger partial charge in [-0.3, -0.25) is 0 Å². The van der Waals surface area contributed by atoms with Gasteiger partial charge in [-0.05, 0) is 30.7 Å². The lowest BCUT2D eigenvalue weighted by Crippen LogP contribution is -2.26. The van der Waals surface area contributed by atoms with Crippen LogP contribution in [0.1, 0.15) is 29.6 Å². The number of halogens is 1. The minimum atomic E-state index is -0.00128. The molecule has 1 heterocycles. The summed E-state index contributed by atoms with van der Waals surface area (Å²) in [6.07, 6.45) is 0.800. The Labute approximate surface area is 128 Å². The highest BCUT2D eigenvalue weighted by molar-refractivity contribution is 6.30. The SMILES string of the molecule is COc1ccccc1C1CC(c2cc(Cl)ccc2O)NN1. The van der Waals surface area contributed by atoms with E-state index in [1.807, 2.05) is 24.3 Å². The van der Waals surface area contributed by atoms with Gasteiger partial charge in [0, 0.05) is 16.1 Å². The van der Waals surface area contributed by atoms with Gasteiger partial charge in [0.05, 0.1) is 19.2 Å². The number of benzene rings is 2. The Morgan fingerprint density at radius 1 is 1.10 bits per heavy atom. The van der Waals surface area contributed by atoms with Crippen molar-refractivity contribution in [2.75, 3.05) is 7.11 Å². The molecule has 2 aromatic carbocycles. The van der Waals surface area contributed by atoms with Crippen molar-refractivity contribution in [3.8, 4) is 11.5 Å². The zero-order valence-corrected chi connectivity index (χ0v) is 12.4. The van der Waals surface area contributed by atoms with Crippen molar-refractivity contribution in [3.63, 3.8) is 0 Å². The van der Waals surface area contributed by atoms with Gasteiger partial charge in [0.2, 0.25) is 0 Å². The molecular formula is C16H17ClN2O2. The average molecular weight is 305 g/mol. The zero-order chi connectivity index (χ0) is 14.8. The molecule has 1 aliphatic rings. The number of para-hydroxylation sites is 1.